The Bertz CT molecular complexity index is 344. The molecule has 0 aromatic rings. The molecule has 4 heteroatoms. The Hall–Kier alpha value is -1.03. The highest BCUT2D eigenvalue weighted by atomic mass is 16.6. The molecule has 1 amide bonds. The van der Waals surface area contributed by atoms with Gasteiger partial charge in [0, 0.05) is 19.0 Å². The number of carbonyl (C=O) groups is 1. The SMILES string of the molecule is C=CC(C)(C)[C@H]1CN(C(=O)OC(C)(C)C)CC[C@H]1O. The largest absolute Gasteiger partial charge is 0.444 e. The fraction of sp³-hybridized carbons (Fsp3) is 0.800. The average Bonchev–Trinajstić information content (AvgIpc) is 2.27. The molecule has 1 aliphatic rings. The van der Waals surface area contributed by atoms with Crippen molar-refractivity contribution in [2.75, 3.05) is 13.1 Å². The summed E-state index contributed by atoms with van der Waals surface area (Å²) >= 11 is 0. The van der Waals surface area contributed by atoms with Gasteiger partial charge in [-0.2, -0.15) is 0 Å². The second kappa shape index (κ2) is 5.53. The van der Waals surface area contributed by atoms with E-state index in [1.165, 1.54) is 0 Å². The molecule has 1 rings (SSSR count). The zero-order valence-corrected chi connectivity index (χ0v) is 12.8. The lowest BCUT2D eigenvalue weighted by molar-refractivity contribution is -0.0298. The predicted molar refractivity (Wildman–Crippen MR) is 75.9 cm³/mol. The van der Waals surface area contributed by atoms with Gasteiger partial charge in [-0.25, -0.2) is 4.79 Å². The Morgan fingerprint density at radius 2 is 1.95 bits per heavy atom. The minimum Gasteiger partial charge on any atom is -0.444 e. The van der Waals surface area contributed by atoms with Gasteiger partial charge in [-0.1, -0.05) is 19.9 Å². The molecular formula is C15H27NO3. The molecule has 1 N–H and O–H groups in total. The van der Waals surface area contributed by atoms with E-state index in [1.807, 2.05) is 40.7 Å². The van der Waals surface area contributed by atoms with E-state index in [4.69, 9.17) is 4.74 Å². The van der Waals surface area contributed by atoms with E-state index < -0.39 is 11.7 Å². The number of hydrogen-bond donors (Lipinski definition) is 1. The highest BCUT2D eigenvalue weighted by Crippen LogP contribution is 2.35. The van der Waals surface area contributed by atoms with Gasteiger partial charge in [0.2, 0.25) is 0 Å². The van der Waals surface area contributed by atoms with Crippen molar-refractivity contribution in [3.05, 3.63) is 12.7 Å². The van der Waals surface area contributed by atoms with Gasteiger partial charge >= 0.3 is 6.09 Å². The lowest BCUT2D eigenvalue weighted by atomic mass is 9.73. The third kappa shape index (κ3) is 4.23. The smallest absolute Gasteiger partial charge is 0.410 e. The number of amides is 1. The molecule has 0 aromatic carbocycles. The molecule has 0 spiro atoms. The van der Waals surface area contributed by atoms with Crippen LogP contribution in [-0.2, 0) is 4.74 Å². The number of nitrogens with zero attached hydrogens (tertiary/aromatic N) is 1. The van der Waals surface area contributed by atoms with Crippen LogP contribution in [0.5, 0.6) is 0 Å². The molecule has 0 bridgehead atoms. The molecule has 19 heavy (non-hydrogen) atoms. The van der Waals surface area contributed by atoms with Gasteiger partial charge in [-0.05, 0) is 32.6 Å². The summed E-state index contributed by atoms with van der Waals surface area (Å²) in [5, 5.41) is 10.1. The van der Waals surface area contributed by atoms with Gasteiger partial charge in [0.25, 0.3) is 0 Å². The number of rotatable bonds is 2. The Morgan fingerprint density at radius 3 is 2.42 bits per heavy atom. The van der Waals surface area contributed by atoms with E-state index in [1.54, 1.807) is 4.90 Å². The average molecular weight is 269 g/mol. The fourth-order valence-electron chi connectivity index (χ4n) is 2.31. The summed E-state index contributed by atoms with van der Waals surface area (Å²) < 4.78 is 5.39. The van der Waals surface area contributed by atoms with Crippen molar-refractivity contribution >= 4 is 6.09 Å². The maximum Gasteiger partial charge on any atom is 0.410 e. The second-order valence-corrected chi connectivity index (χ2v) is 6.91. The topological polar surface area (TPSA) is 49.8 Å². The van der Waals surface area contributed by atoms with Crippen molar-refractivity contribution in [2.24, 2.45) is 11.3 Å². The molecule has 0 saturated carbocycles. The minimum atomic E-state index is -0.489. The molecule has 2 atom stereocenters. The van der Waals surface area contributed by atoms with Crippen LogP contribution >= 0.6 is 0 Å². The first-order valence-corrected chi connectivity index (χ1v) is 6.86. The van der Waals surface area contributed by atoms with Crippen LogP contribution in [0.3, 0.4) is 0 Å². The van der Waals surface area contributed by atoms with Gasteiger partial charge in [-0.15, -0.1) is 6.58 Å². The van der Waals surface area contributed by atoms with Crippen LogP contribution in [0.1, 0.15) is 41.0 Å². The predicted octanol–water partition coefficient (Wildman–Crippen LogP) is 2.82. The van der Waals surface area contributed by atoms with Gasteiger partial charge in [0.15, 0.2) is 0 Å². The quantitative estimate of drug-likeness (QED) is 0.784. The Kier molecular flexibility index (Phi) is 4.67. The molecule has 1 fully saturated rings. The number of carbonyl (C=O) groups excluding carboxylic acids is 1. The summed E-state index contributed by atoms with van der Waals surface area (Å²) in [5.41, 5.74) is -0.698. The van der Waals surface area contributed by atoms with Crippen LogP contribution < -0.4 is 0 Å². The maximum absolute atomic E-state index is 12.1. The molecule has 0 unspecified atom stereocenters. The zero-order valence-electron chi connectivity index (χ0n) is 12.8. The maximum atomic E-state index is 12.1. The first-order valence-electron chi connectivity index (χ1n) is 6.86. The molecule has 1 aliphatic heterocycles. The van der Waals surface area contributed by atoms with E-state index >= 15 is 0 Å². The van der Waals surface area contributed by atoms with Crippen LogP contribution in [0.4, 0.5) is 4.79 Å². The molecular weight excluding hydrogens is 242 g/mol. The molecule has 0 aromatic heterocycles. The number of hydrogen-bond acceptors (Lipinski definition) is 3. The van der Waals surface area contributed by atoms with Crippen molar-refractivity contribution in [1.29, 1.82) is 0 Å². The Morgan fingerprint density at radius 1 is 1.37 bits per heavy atom. The lowest BCUT2D eigenvalue weighted by Crippen LogP contribution is -2.51. The highest BCUT2D eigenvalue weighted by Gasteiger charge is 2.39. The zero-order chi connectivity index (χ0) is 14.8. The number of ether oxygens (including phenoxy) is 1. The van der Waals surface area contributed by atoms with Crippen molar-refractivity contribution in [2.45, 2.75) is 52.7 Å². The van der Waals surface area contributed by atoms with Crippen LogP contribution in [0.2, 0.25) is 0 Å². The summed E-state index contributed by atoms with van der Waals surface area (Å²) in [7, 11) is 0. The Labute approximate surface area is 116 Å². The first-order chi connectivity index (χ1) is 8.57. The summed E-state index contributed by atoms with van der Waals surface area (Å²) in [6, 6.07) is 0. The molecule has 110 valence electrons. The van der Waals surface area contributed by atoms with Crippen LogP contribution in [0, 0.1) is 11.3 Å². The van der Waals surface area contributed by atoms with E-state index in [0.29, 0.717) is 19.5 Å². The van der Waals surface area contributed by atoms with Crippen molar-refractivity contribution in [3.63, 3.8) is 0 Å². The van der Waals surface area contributed by atoms with E-state index in [9.17, 15) is 9.90 Å². The number of likely N-dealkylation sites (tertiary alicyclic amines) is 1. The molecule has 0 radical (unpaired) electrons. The van der Waals surface area contributed by atoms with Crippen LogP contribution in [0.15, 0.2) is 12.7 Å². The van der Waals surface area contributed by atoms with Crippen LogP contribution in [0.25, 0.3) is 0 Å². The van der Waals surface area contributed by atoms with E-state index in [-0.39, 0.29) is 17.4 Å². The summed E-state index contributed by atoms with van der Waals surface area (Å²) in [6.45, 7) is 14.5. The monoisotopic (exact) mass is 269 g/mol. The van der Waals surface area contributed by atoms with Gasteiger partial charge < -0.3 is 14.7 Å². The van der Waals surface area contributed by atoms with Crippen molar-refractivity contribution in [1.82, 2.24) is 4.90 Å². The fourth-order valence-corrected chi connectivity index (χ4v) is 2.31. The highest BCUT2D eigenvalue weighted by molar-refractivity contribution is 5.68. The third-order valence-electron chi connectivity index (χ3n) is 3.71. The normalized spacial score (nSPS) is 25.1. The Balaban J connectivity index is 2.75. The van der Waals surface area contributed by atoms with Crippen molar-refractivity contribution in [3.8, 4) is 0 Å². The van der Waals surface area contributed by atoms with Gasteiger partial charge in [0.05, 0.1) is 6.10 Å². The van der Waals surface area contributed by atoms with E-state index in [2.05, 4.69) is 6.58 Å². The molecule has 1 heterocycles. The van der Waals surface area contributed by atoms with Gasteiger partial charge in [-0.3, -0.25) is 0 Å². The molecule has 1 saturated heterocycles. The van der Waals surface area contributed by atoms with Gasteiger partial charge in [0.1, 0.15) is 5.60 Å². The van der Waals surface area contributed by atoms with E-state index in [0.717, 1.165) is 0 Å². The first kappa shape index (κ1) is 16.0. The number of aliphatic hydroxyl groups excluding tert-OH is 1. The van der Waals surface area contributed by atoms with Crippen molar-refractivity contribution < 1.29 is 14.6 Å². The number of allylic oxidation sites excluding steroid dienone is 1. The third-order valence-corrected chi connectivity index (χ3v) is 3.71. The molecule has 4 nitrogen and oxygen atoms in total. The lowest BCUT2D eigenvalue weighted by Gasteiger charge is -2.43. The number of aliphatic hydroxyl groups is 1. The molecule has 0 aliphatic carbocycles. The summed E-state index contributed by atoms with van der Waals surface area (Å²) in [5.74, 6) is -0.00808. The second-order valence-electron chi connectivity index (χ2n) is 6.91. The minimum absolute atomic E-state index is 0.00808. The number of piperidine rings is 1. The van der Waals surface area contributed by atoms with Crippen LogP contribution in [-0.4, -0.2) is 40.9 Å². The summed E-state index contributed by atoms with van der Waals surface area (Å²) in [6.07, 6.45) is 1.73. The summed E-state index contributed by atoms with van der Waals surface area (Å²) in [4.78, 5) is 13.8. The standard InChI is InChI=1S/C15H27NO3/c1-7-15(5,6)11-10-16(9-8-12(11)17)13(18)19-14(2,3)4/h7,11-12,17H,1,8-10H2,2-6H3/t11-,12+/m0/s1.